The molecule has 0 aromatic carbocycles. The zero-order valence-electron chi connectivity index (χ0n) is 8.67. The summed E-state index contributed by atoms with van der Waals surface area (Å²) >= 11 is 0. The van der Waals surface area contributed by atoms with E-state index in [1.165, 1.54) is 19.3 Å². The molecule has 2 unspecified atom stereocenters. The molecule has 0 aromatic rings. The molecule has 1 aliphatic rings. The Morgan fingerprint density at radius 1 is 1.23 bits per heavy atom. The predicted octanol–water partition coefficient (Wildman–Crippen LogP) is 2.35. The van der Waals surface area contributed by atoms with E-state index in [2.05, 4.69) is 6.92 Å². The maximum absolute atomic E-state index is 9.67. The second-order valence-electron chi connectivity index (χ2n) is 4.01. The van der Waals surface area contributed by atoms with Crippen LogP contribution in [0.4, 0.5) is 0 Å². The van der Waals surface area contributed by atoms with Gasteiger partial charge in [-0.3, -0.25) is 0 Å². The topological polar surface area (TPSA) is 29.5 Å². The maximum Gasteiger partial charge on any atom is 0.0569 e. The van der Waals surface area contributed by atoms with E-state index in [-0.39, 0.29) is 6.10 Å². The number of aliphatic hydroxyl groups is 1. The lowest BCUT2D eigenvalue weighted by atomic mass is 9.85. The minimum atomic E-state index is -0.0565. The Hall–Kier alpha value is -0.0800. The van der Waals surface area contributed by atoms with Crippen LogP contribution in [-0.2, 0) is 4.74 Å². The van der Waals surface area contributed by atoms with Crippen LogP contribution in [0.5, 0.6) is 0 Å². The minimum Gasteiger partial charge on any atom is -0.393 e. The molecule has 0 heterocycles. The van der Waals surface area contributed by atoms with Crippen molar-refractivity contribution in [2.24, 2.45) is 5.92 Å². The molecule has 78 valence electrons. The molecule has 1 aliphatic carbocycles. The molecular formula is C11H22O2. The molecule has 2 heteroatoms. The predicted molar refractivity (Wildman–Crippen MR) is 53.7 cm³/mol. The highest BCUT2D eigenvalue weighted by atomic mass is 16.5. The lowest BCUT2D eigenvalue weighted by Gasteiger charge is -2.27. The molecule has 0 radical (unpaired) electrons. The van der Waals surface area contributed by atoms with Crippen molar-refractivity contribution in [3.63, 3.8) is 0 Å². The number of ether oxygens (including phenoxy) is 1. The number of rotatable bonds is 5. The molecule has 0 aromatic heterocycles. The SMILES string of the molecule is CCCOCCC1CCCCC1O. The van der Waals surface area contributed by atoms with Gasteiger partial charge in [-0.05, 0) is 31.6 Å². The minimum absolute atomic E-state index is 0.0565. The first kappa shape index (κ1) is 11.0. The smallest absolute Gasteiger partial charge is 0.0569 e. The fourth-order valence-electron chi connectivity index (χ4n) is 2.01. The second-order valence-corrected chi connectivity index (χ2v) is 4.01. The van der Waals surface area contributed by atoms with Crippen molar-refractivity contribution in [2.75, 3.05) is 13.2 Å². The van der Waals surface area contributed by atoms with E-state index in [4.69, 9.17) is 4.74 Å². The molecule has 0 amide bonds. The maximum atomic E-state index is 9.67. The zero-order valence-corrected chi connectivity index (χ0v) is 8.67. The molecule has 2 atom stereocenters. The van der Waals surface area contributed by atoms with Gasteiger partial charge >= 0.3 is 0 Å². The van der Waals surface area contributed by atoms with E-state index in [1.807, 2.05) is 0 Å². The summed E-state index contributed by atoms with van der Waals surface area (Å²) in [6, 6.07) is 0. The zero-order chi connectivity index (χ0) is 9.52. The highest BCUT2D eigenvalue weighted by Crippen LogP contribution is 2.26. The first-order chi connectivity index (χ1) is 6.34. The molecule has 0 aliphatic heterocycles. The van der Waals surface area contributed by atoms with Crippen molar-refractivity contribution in [3.8, 4) is 0 Å². The Morgan fingerprint density at radius 3 is 2.69 bits per heavy atom. The van der Waals surface area contributed by atoms with Gasteiger partial charge in [-0.2, -0.15) is 0 Å². The highest BCUT2D eigenvalue weighted by molar-refractivity contribution is 4.73. The summed E-state index contributed by atoms with van der Waals surface area (Å²) in [5.74, 6) is 0.505. The molecule has 13 heavy (non-hydrogen) atoms. The van der Waals surface area contributed by atoms with E-state index in [0.29, 0.717) is 5.92 Å². The molecule has 0 saturated heterocycles. The van der Waals surface area contributed by atoms with Crippen LogP contribution >= 0.6 is 0 Å². The van der Waals surface area contributed by atoms with E-state index in [1.54, 1.807) is 0 Å². The van der Waals surface area contributed by atoms with Crippen LogP contribution in [-0.4, -0.2) is 24.4 Å². The summed E-state index contributed by atoms with van der Waals surface area (Å²) in [6.07, 6.45) is 6.76. The first-order valence-electron chi connectivity index (χ1n) is 5.60. The van der Waals surface area contributed by atoms with Crippen LogP contribution < -0.4 is 0 Å². The average molecular weight is 186 g/mol. The van der Waals surface area contributed by atoms with Crippen LogP contribution in [0.2, 0.25) is 0 Å². The van der Waals surface area contributed by atoms with Crippen molar-refractivity contribution in [3.05, 3.63) is 0 Å². The fourth-order valence-corrected chi connectivity index (χ4v) is 2.01. The van der Waals surface area contributed by atoms with Gasteiger partial charge in [0.25, 0.3) is 0 Å². The van der Waals surface area contributed by atoms with E-state index < -0.39 is 0 Å². The van der Waals surface area contributed by atoms with Crippen molar-refractivity contribution in [2.45, 2.75) is 51.6 Å². The largest absolute Gasteiger partial charge is 0.393 e. The number of hydrogen-bond donors (Lipinski definition) is 1. The molecule has 1 fully saturated rings. The van der Waals surface area contributed by atoms with E-state index >= 15 is 0 Å². The van der Waals surface area contributed by atoms with Gasteiger partial charge < -0.3 is 9.84 Å². The summed E-state index contributed by atoms with van der Waals surface area (Å²) in [5.41, 5.74) is 0. The fraction of sp³-hybridized carbons (Fsp3) is 1.00. The third-order valence-corrected chi connectivity index (χ3v) is 2.85. The molecule has 2 nitrogen and oxygen atoms in total. The van der Waals surface area contributed by atoms with Gasteiger partial charge in [0.2, 0.25) is 0 Å². The first-order valence-corrected chi connectivity index (χ1v) is 5.60. The molecule has 0 spiro atoms. The number of aliphatic hydroxyl groups excluding tert-OH is 1. The summed E-state index contributed by atoms with van der Waals surface area (Å²) in [4.78, 5) is 0. The van der Waals surface area contributed by atoms with Gasteiger partial charge in [0.15, 0.2) is 0 Å². The summed E-state index contributed by atoms with van der Waals surface area (Å²) in [5, 5.41) is 9.67. The third-order valence-electron chi connectivity index (χ3n) is 2.85. The lowest BCUT2D eigenvalue weighted by molar-refractivity contribution is 0.0399. The van der Waals surface area contributed by atoms with Crippen molar-refractivity contribution < 1.29 is 9.84 Å². The number of hydrogen-bond acceptors (Lipinski definition) is 2. The molecule has 1 N–H and O–H groups in total. The average Bonchev–Trinajstić information content (AvgIpc) is 2.15. The second kappa shape index (κ2) is 6.39. The molecule has 0 bridgehead atoms. The van der Waals surface area contributed by atoms with Crippen molar-refractivity contribution in [1.29, 1.82) is 0 Å². The Balaban J connectivity index is 2.05. The highest BCUT2D eigenvalue weighted by Gasteiger charge is 2.22. The molecule has 1 saturated carbocycles. The van der Waals surface area contributed by atoms with Crippen LogP contribution in [0.15, 0.2) is 0 Å². The lowest BCUT2D eigenvalue weighted by Crippen LogP contribution is -2.25. The van der Waals surface area contributed by atoms with Gasteiger partial charge in [0.05, 0.1) is 6.10 Å². The Morgan fingerprint density at radius 2 is 2.00 bits per heavy atom. The van der Waals surface area contributed by atoms with Gasteiger partial charge in [0, 0.05) is 13.2 Å². The van der Waals surface area contributed by atoms with Crippen molar-refractivity contribution in [1.82, 2.24) is 0 Å². The van der Waals surface area contributed by atoms with Gasteiger partial charge in [-0.25, -0.2) is 0 Å². The van der Waals surface area contributed by atoms with Crippen LogP contribution in [0, 0.1) is 5.92 Å². The van der Waals surface area contributed by atoms with E-state index in [0.717, 1.165) is 32.5 Å². The molecule has 1 rings (SSSR count). The summed E-state index contributed by atoms with van der Waals surface area (Å²) in [7, 11) is 0. The van der Waals surface area contributed by atoms with Crippen LogP contribution in [0.1, 0.15) is 45.4 Å². The quantitative estimate of drug-likeness (QED) is 0.668. The van der Waals surface area contributed by atoms with E-state index in [9.17, 15) is 5.11 Å². The monoisotopic (exact) mass is 186 g/mol. The summed E-state index contributed by atoms with van der Waals surface area (Å²) < 4.78 is 5.42. The standard InChI is InChI=1S/C11H22O2/c1-2-8-13-9-7-10-5-3-4-6-11(10)12/h10-12H,2-9H2,1H3. The van der Waals surface area contributed by atoms with Gasteiger partial charge in [-0.1, -0.05) is 19.8 Å². The van der Waals surface area contributed by atoms with Gasteiger partial charge in [-0.15, -0.1) is 0 Å². The Kier molecular flexibility index (Phi) is 5.40. The van der Waals surface area contributed by atoms with Crippen molar-refractivity contribution >= 4 is 0 Å². The van der Waals surface area contributed by atoms with Crippen LogP contribution in [0.3, 0.4) is 0 Å². The molecular weight excluding hydrogens is 164 g/mol. The Labute approximate surface area is 81.3 Å². The third kappa shape index (κ3) is 4.10. The summed E-state index contributed by atoms with van der Waals surface area (Å²) in [6.45, 7) is 3.81. The Bertz CT molecular complexity index is 125. The van der Waals surface area contributed by atoms with Gasteiger partial charge in [0.1, 0.15) is 0 Å². The van der Waals surface area contributed by atoms with Crippen LogP contribution in [0.25, 0.3) is 0 Å². The normalized spacial score (nSPS) is 29.1.